The molecule has 1 aromatic rings. The van der Waals surface area contributed by atoms with Gasteiger partial charge in [-0.05, 0) is 31.7 Å². The van der Waals surface area contributed by atoms with Gasteiger partial charge in [-0.25, -0.2) is 4.39 Å². The molecule has 0 aliphatic rings. The highest BCUT2D eigenvalue weighted by Crippen LogP contribution is 2.20. The summed E-state index contributed by atoms with van der Waals surface area (Å²) < 4.78 is 18.1. The molecular formula is C12H16FNO2. The number of Topliss-reactive ketones (excluding diaryl/α,β-unsaturated/α-hetero) is 1. The maximum absolute atomic E-state index is 13.1. The Labute approximate surface area is 94.6 Å². The average Bonchev–Trinajstić information content (AvgIpc) is 2.28. The van der Waals surface area contributed by atoms with E-state index in [4.69, 9.17) is 4.74 Å². The predicted octanol–water partition coefficient (Wildman–Crippen LogP) is 2.02. The molecule has 88 valence electrons. The van der Waals surface area contributed by atoms with Gasteiger partial charge in [0.25, 0.3) is 0 Å². The summed E-state index contributed by atoms with van der Waals surface area (Å²) in [6, 6.07) is 3.59. The Morgan fingerprint density at radius 2 is 2.25 bits per heavy atom. The van der Waals surface area contributed by atoms with Gasteiger partial charge >= 0.3 is 0 Å². The number of rotatable bonds is 5. The van der Waals surface area contributed by atoms with E-state index in [2.05, 4.69) is 5.32 Å². The topological polar surface area (TPSA) is 38.3 Å². The van der Waals surface area contributed by atoms with Crippen molar-refractivity contribution in [1.29, 1.82) is 0 Å². The van der Waals surface area contributed by atoms with E-state index in [1.807, 2.05) is 6.92 Å². The second-order valence-corrected chi connectivity index (χ2v) is 3.49. The van der Waals surface area contributed by atoms with Crippen molar-refractivity contribution < 1.29 is 13.9 Å². The first kappa shape index (κ1) is 12.6. The van der Waals surface area contributed by atoms with Crippen LogP contribution < -0.4 is 10.1 Å². The SMILES string of the molecule is CCNC(C)C(=O)c1cc(F)ccc1OC. The fourth-order valence-corrected chi connectivity index (χ4v) is 1.50. The Morgan fingerprint density at radius 1 is 1.56 bits per heavy atom. The Balaban J connectivity index is 3.01. The molecule has 0 fully saturated rings. The first-order valence-electron chi connectivity index (χ1n) is 5.21. The molecule has 0 saturated carbocycles. The summed E-state index contributed by atoms with van der Waals surface area (Å²) in [7, 11) is 1.46. The number of nitrogens with one attached hydrogen (secondary N) is 1. The second kappa shape index (κ2) is 5.61. The van der Waals surface area contributed by atoms with Gasteiger partial charge in [0.2, 0.25) is 0 Å². The first-order valence-corrected chi connectivity index (χ1v) is 5.21. The number of hydrogen-bond acceptors (Lipinski definition) is 3. The highest BCUT2D eigenvalue weighted by molar-refractivity contribution is 6.02. The minimum Gasteiger partial charge on any atom is -0.496 e. The number of likely N-dealkylation sites (N-methyl/N-ethyl adjacent to an activating group) is 1. The van der Waals surface area contributed by atoms with Crippen LogP contribution in [-0.2, 0) is 0 Å². The number of halogens is 1. The summed E-state index contributed by atoms with van der Waals surface area (Å²) in [4.78, 5) is 12.0. The maximum Gasteiger partial charge on any atom is 0.183 e. The Hall–Kier alpha value is -1.42. The molecule has 0 aliphatic heterocycles. The van der Waals surface area contributed by atoms with Crippen molar-refractivity contribution in [2.45, 2.75) is 19.9 Å². The van der Waals surface area contributed by atoms with Crippen LogP contribution in [-0.4, -0.2) is 25.5 Å². The number of carbonyl (C=O) groups is 1. The molecule has 1 N–H and O–H groups in total. The molecule has 0 bridgehead atoms. The van der Waals surface area contributed by atoms with Crippen LogP contribution in [0, 0.1) is 5.82 Å². The minimum absolute atomic E-state index is 0.168. The Bertz CT molecular complexity index is 379. The van der Waals surface area contributed by atoms with Crippen LogP contribution in [0.3, 0.4) is 0 Å². The van der Waals surface area contributed by atoms with Gasteiger partial charge in [-0.3, -0.25) is 4.79 Å². The highest BCUT2D eigenvalue weighted by atomic mass is 19.1. The van der Waals surface area contributed by atoms with Crippen molar-refractivity contribution in [3.63, 3.8) is 0 Å². The van der Waals surface area contributed by atoms with Gasteiger partial charge in [0.05, 0.1) is 18.7 Å². The largest absolute Gasteiger partial charge is 0.496 e. The molecule has 1 rings (SSSR count). The van der Waals surface area contributed by atoms with E-state index in [1.165, 1.54) is 25.3 Å². The number of carbonyl (C=O) groups excluding carboxylic acids is 1. The predicted molar refractivity (Wildman–Crippen MR) is 60.4 cm³/mol. The van der Waals surface area contributed by atoms with Crippen LogP contribution in [0.1, 0.15) is 24.2 Å². The summed E-state index contributed by atoms with van der Waals surface area (Å²) in [5.41, 5.74) is 0.274. The van der Waals surface area contributed by atoms with Crippen LogP contribution >= 0.6 is 0 Å². The summed E-state index contributed by atoms with van der Waals surface area (Å²) in [6.07, 6.45) is 0. The zero-order valence-corrected chi connectivity index (χ0v) is 9.71. The van der Waals surface area contributed by atoms with Crippen molar-refractivity contribution in [2.75, 3.05) is 13.7 Å². The third kappa shape index (κ3) is 2.79. The maximum atomic E-state index is 13.1. The van der Waals surface area contributed by atoms with Gasteiger partial charge in [0.15, 0.2) is 5.78 Å². The number of hydrogen-bond donors (Lipinski definition) is 1. The van der Waals surface area contributed by atoms with E-state index in [0.29, 0.717) is 12.3 Å². The number of benzene rings is 1. The molecule has 0 spiro atoms. The van der Waals surface area contributed by atoms with E-state index in [9.17, 15) is 9.18 Å². The third-order valence-electron chi connectivity index (χ3n) is 2.33. The van der Waals surface area contributed by atoms with Crippen LogP contribution in [0.4, 0.5) is 4.39 Å². The van der Waals surface area contributed by atoms with Crippen LogP contribution in [0.5, 0.6) is 5.75 Å². The molecular weight excluding hydrogens is 209 g/mol. The van der Waals surface area contributed by atoms with Gasteiger partial charge in [-0.2, -0.15) is 0 Å². The molecule has 0 aromatic heterocycles. The van der Waals surface area contributed by atoms with Crippen LogP contribution in [0.2, 0.25) is 0 Å². The van der Waals surface area contributed by atoms with Gasteiger partial charge in [0, 0.05) is 0 Å². The molecule has 0 aliphatic carbocycles. The molecule has 16 heavy (non-hydrogen) atoms. The molecule has 4 heteroatoms. The number of ketones is 1. The summed E-state index contributed by atoms with van der Waals surface area (Å²) in [5, 5.41) is 2.99. The quantitative estimate of drug-likeness (QED) is 0.779. The van der Waals surface area contributed by atoms with E-state index < -0.39 is 5.82 Å². The molecule has 0 radical (unpaired) electrons. The molecule has 3 nitrogen and oxygen atoms in total. The number of ether oxygens (including phenoxy) is 1. The summed E-state index contributed by atoms with van der Waals surface area (Å²) in [5.74, 6) is -0.206. The standard InChI is InChI=1S/C12H16FNO2/c1-4-14-8(2)12(15)10-7-9(13)5-6-11(10)16-3/h5-8,14H,4H2,1-3H3. The van der Waals surface area contributed by atoms with Crippen LogP contribution in [0.25, 0.3) is 0 Å². The molecule has 1 unspecified atom stereocenters. The van der Waals surface area contributed by atoms with Gasteiger partial charge in [0.1, 0.15) is 11.6 Å². The van der Waals surface area contributed by atoms with Crippen molar-refractivity contribution in [3.8, 4) is 5.75 Å². The fourth-order valence-electron chi connectivity index (χ4n) is 1.50. The number of methoxy groups -OCH3 is 1. The van der Waals surface area contributed by atoms with Crippen molar-refractivity contribution in [3.05, 3.63) is 29.6 Å². The fraction of sp³-hybridized carbons (Fsp3) is 0.417. The smallest absolute Gasteiger partial charge is 0.183 e. The van der Waals surface area contributed by atoms with Crippen molar-refractivity contribution in [2.24, 2.45) is 0 Å². The van der Waals surface area contributed by atoms with E-state index in [0.717, 1.165) is 0 Å². The lowest BCUT2D eigenvalue weighted by Crippen LogP contribution is -2.33. The highest BCUT2D eigenvalue weighted by Gasteiger charge is 2.18. The summed E-state index contributed by atoms with van der Waals surface area (Å²) in [6.45, 7) is 4.34. The Kier molecular flexibility index (Phi) is 4.43. The molecule has 0 amide bonds. The monoisotopic (exact) mass is 225 g/mol. The average molecular weight is 225 g/mol. The zero-order chi connectivity index (χ0) is 12.1. The van der Waals surface area contributed by atoms with Crippen molar-refractivity contribution >= 4 is 5.78 Å². The second-order valence-electron chi connectivity index (χ2n) is 3.49. The zero-order valence-electron chi connectivity index (χ0n) is 9.71. The van der Waals surface area contributed by atoms with Gasteiger partial charge < -0.3 is 10.1 Å². The van der Waals surface area contributed by atoms with E-state index in [1.54, 1.807) is 6.92 Å². The lowest BCUT2D eigenvalue weighted by molar-refractivity contribution is 0.0948. The first-order chi connectivity index (χ1) is 7.60. The van der Waals surface area contributed by atoms with Gasteiger partial charge in [-0.15, -0.1) is 0 Å². The molecule has 0 heterocycles. The van der Waals surface area contributed by atoms with E-state index in [-0.39, 0.29) is 17.4 Å². The minimum atomic E-state index is -0.437. The molecule has 0 saturated heterocycles. The van der Waals surface area contributed by atoms with Gasteiger partial charge in [-0.1, -0.05) is 6.92 Å². The van der Waals surface area contributed by atoms with Crippen molar-refractivity contribution in [1.82, 2.24) is 5.32 Å². The van der Waals surface area contributed by atoms with E-state index >= 15 is 0 Å². The summed E-state index contributed by atoms with van der Waals surface area (Å²) >= 11 is 0. The third-order valence-corrected chi connectivity index (χ3v) is 2.33. The van der Waals surface area contributed by atoms with Crippen LogP contribution in [0.15, 0.2) is 18.2 Å². The Morgan fingerprint density at radius 3 is 2.81 bits per heavy atom. The normalized spacial score (nSPS) is 12.2. The molecule has 1 aromatic carbocycles. The molecule has 1 atom stereocenters. The lowest BCUT2D eigenvalue weighted by Gasteiger charge is -2.13. The lowest BCUT2D eigenvalue weighted by atomic mass is 10.0.